The molecule has 6 nitrogen and oxygen atoms in total. The zero-order valence-electron chi connectivity index (χ0n) is 8.65. The molecule has 0 bridgehead atoms. The number of ether oxygens (including phenoxy) is 1. The fraction of sp³-hybridized carbons (Fsp3) is 0.444. The quantitative estimate of drug-likeness (QED) is 0.791. The molecule has 15 heavy (non-hydrogen) atoms. The van der Waals surface area contributed by atoms with Gasteiger partial charge in [0, 0.05) is 6.07 Å². The molecule has 0 saturated heterocycles. The lowest BCUT2D eigenvalue weighted by Crippen LogP contribution is -2.12. The topological polar surface area (TPSA) is 72.3 Å². The van der Waals surface area contributed by atoms with Crippen LogP contribution in [0, 0.1) is 0 Å². The summed E-state index contributed by atoms with van der Waals surface area (Å²) in [6.07, 6.45) is 1.73. The van der Waals surface area contributed by atoms with Crippen LogP contribution >= 0.6 is 0 Å². The molecule has 0 aliphatic carbocycles. The smallest absolute Gasteiger partial charge is 0.337 e. The number of aromatic amines is 1. The molecular weight excluding hydrogens is 196 g/mol. The Kier molecular flexibility index (Phi) is 2.40. The number of methoxy groups -OCH3 is 1. The first kappa shape index (κ1) is 9.70. The van der Waals surface area contributed by atoms with Crippen molar-refractivity contribution in [1.29, 1.82) is 0 Å². The normalized spacial score (nSPS) is 10.8. The van der Waals surface area contributed by atoms with Crippen molar-refractivity contribution in [3.63, 3.8) is 0 Å². The molecule has 1 N–H and O–H groups in total. The maximum absolute atomic E-state index is 11.3. The zero-order chi connectivity index (χ0) is 10.8. The Balaban J connectivity index is 2.66. The zero-order valence-corrected chi connectivity index (χ0v) is 8.65. The average molecular weight is 208 g/mol. The summed E-state index contributed by atoms with van der Waals surface area (Å²) in [5.41, 5.74) is 0.674. The first-order valence-corrected chi connectivity index (χ1v) is 4.77. The van der Waals surface area contributed by atoms with Gasteiger partial charge in [0.1, 0.15) is 0 Å². The van der Waals surface area contributed by atoms with Crippen molar-refractivity contribution in [1.82, 2.24) is 19.6 Å². The van der Waals surface area contributed by atoms with E-state index in [9.17, 15) is 4.79 Å². The minimum absolute atomic E-state index is 0.166. The van der Waals surface area contributed by atoms with E-state index in [1.807, 2.05) is 6.92 Å². The Morgan fingerprint density at radius 2 is 2.40 bits per heavy atom. The third kappa shape index (κ3) is 1.70. The van der Waals surface area contributed by atoms with Gasteiger partial charge in [0.2, 0.25) is 5.78 Å². The number of hydrogen-bond acceptors (Lipinski definition) is 4. The van der Waals surface area contributed by atoms with Crippen LogP contribution in [-0.4, -0.2) is 26.7 Å². The molecule has 0 spiro atoms. The van der Waals surface area contributed by atoms with E-state index >= 15 is 0 Å². The Bertz CT molecular complexity index is 528. The maximum Gasteiger partial charge on any atom is 0.337 e. The van der Waals surface area contributed by atoms with Gasteiger partial charge in [0.25, 0.3) is 5.56 Å². The molecular formula is C9H12N4O2. The number of rotatable bonds is 3. The van der Waals surface area contributed by atoms with Gasteiger partial charge in [-0.3, -0.25) is 9.78 Å². The highest BCUT2D eigenvalue weighted by molar-refractivity contribution is 5.30. The van der Waals surface area contributed by atoms with Gasteiger partial charge in [-0.1, -0.05) is 13.3 Å². The van der Waals surface area contributed by atoms with Crippen LogP contribution in [0.15, 0.2) is 10.9 Å². The summed E-state index contributed by atoms with van der Waals surface area (Å²) in [5.74, 6) is 0.419. The van der Waals surface area contributed by atoms with Gasteiger partial charge in [-0.05, 0) is 6.42 Å². The second kappa shape index (κ2) is 3.72. The molecule has 2 rings (SSSR count). The molecule has 0 fully saturated rings. The van der Waals surface area contributed by atoms with E-state index in [0.717, 1.165) is 18.5 Å². The van der Waals surface area contributed by atoms with Gasteiger partial charge in [-0.2, -0.15) is 9.50 Å². The van der Waals surface area contributed by atoms with Gasteiger partial charge < -0.3 is 4.74 Å². The molecule has 0 aliphatic heterocycles. The molecule has 0 atom stereocenters. The highest BCUT2D eigenvalue weighted by Gasteiger charge is 2.08. The van der Waals surface area contributed by atoms with E-state index in [2.05, 4.69) is 15.1 Å². The van der Waals surface area contributed by atoms with Crippen LogP contribution in [0.25, 0.3) is 5.78 Å². The van der Waals surface area contributed by atoms with E-state index in [-0.39, 0.29) is 11.6 Å². The predicted octanol–water partition coefficient (Wildman–Crippen LogP) is 0.379. The Morgan fingerprint density at radius 1 is 1.60 bits per heavy atom. The van der Waals surface area contributed by atoms with Crippen molar-refractivity contribution in [2.75, 3.05) is 7.11 Å². The van der Waals surface area contributed by atoms with Crippen molar-refractivity contribution < 1.29 is 4.74 Å². The molecule has 0 radical (unpaired) electrons. The minimum atomic E-state index is -0.166. The third-order valence-electron chi connectivity index (χ3n) is 2.08. The number of fused-ring (bicyclic) bond motifs is 1. The van der Waals surface area contributed by atoms with E-state index in [1.54, 1.807) is 4.52 Å². The molecule has 2 aromatic rings. The molecule has 0 unspecified atom stereocenters. The minimum Gasteiger partial charge on any atom is -0.466 e. The van der Waals surface area contributed by atoms with Crippen molar-refractivity contribution in [3.8, 4) is 6.01 Å². The maximum atomic E-state index is 11.3. The van der Waals surface area contributed by atoms with Crippen LogP contribution in [0.1, 0.15) is 19.0 Å². The van der Waals surface area contributed by atoms with Gasteiger partial charge in [0.15, 0.2) is 0 Å². The van der Waals surface area contributed by atoms with Gasteiger partial charge in [0.05, 0.1) is 12.8 Å². The van der Waals surface area contributed by atoms with Crippen LogP contribution in [0.5, 0.6) is 6.01 Å². The molecule has 80 valence electrons. The highest BCUT2D eigenvalue weighted by atomic mass is 16.5. The summed E-state index contributed by atoms with van der Waals surface area (Å²) in [7, 11) is 1.49. The van der Waals surface area contributed by atoms with Crippen LogP contribution in [0.2, 0.25) is 0 Å². The average Bonchev–Trinajstić information content (AvgIpc) is 2.61. The third-order valence-corrected chi connectivity index (χ3v) is 2.08. The lowest BCUT2D eigenvalue weighted by molar-refractivity contribution is 0.380. The van der Waals surface area contributed by atoms with Gasteiger partial charge in [-0.15, -0.1) is 5.10 Å². The van der Waals surface area contributed by atoms with Crippen LogP contribution in [-0.2, 0) is 6.42 Å². The number of aryl methyl sites for hydroxylation is 1. The van der Waals surface area contributed by atoms with E-state index in [4.69, 9.17) is 4.74 Å². The molecule has 2 heterocycles. The summed E-state index contributed by atoms with van der Waals surface area (Å²) in [6, 6.07) is 1.79. The summed E-state index contributed by atoms with van der Waals surface area (Å²) in [6.45, 7) is 2.04. The molecule has 0 amide bonds. The Morgan fingerprint density at radius 3 is 3.07 bits per heavy atom. The summed E-state index contributed by atoms with van der Waals surface area (Å²) in [5, 5.41) is 4.10. The Labute approximate surface area is 85.9 Å². The fourth-order valence-electron chi connectivity index (χ4n) is 1.45. The van der Waals surface area contributed by atoms with E-state index in [0.29, 0.717) is 5.78 Å². The fourth-order valence-corrected chi connectivity index (χ4v) is 1.45. The molecule has 0 aromatic carbocycles. The summed E-state index contributed by atoms with van der Waals surface area (Å²) < 4.78 is 6.51. The van der Waals surface area contributed by atoms with Crippen LogP contribution in [0.4, 0.5) is 0 Å². The van der Waals surface area contributed by atoms with Gasteiger partial charge in [-0.25, -0.2) is 0 Å². The highest BCUT2D eigenvalue weighted by Crippen LogP contribution is 2.07. The van der Waals surface area contributed by atoms with Crippen molar-refractivity contribution in [3.05, 3.63) is 22.1 Å². The van der Waals surface area contributed by atoms with E-state index in [1.165, 1.54) is 13.2 Å². The lowest BCUT2D eigenvalue weighted by atomic mass is 10.2. The summed E-state index contributed by atoms with van der Waals surface area (Å²) in [4.78, 5) is 17.9. The Hall–Kier alpha value is -1.85. The van der Waals surface area contributed by atoms with Crippen LogP contribution < -0.4 is 10.3 Å². The SMILES string of the molecule is CCCc1cc(=O)[nH]c2nc(OC)nn12. The summed E-state index contributed by atoms with van der Waals surface area (Å²) >= 11 is 0. The molecule has 6 heteroatoms. The van der Waals surface area contributed by atoms with Crippen molar-refractivity contribution in [2.24, 2.45) is 0 Å². The molecule has 0 aliphatic rings. The standard InChI is InChI=1S/C9H12N4O2/c1-3-4-6-5-7(14)10-8-11-9(15-2)12-13(6)8/h5H,3-4H2,1-2H3,(H,10,11,12,14). The van der Waals surface area contributed by atoms with Crippen molar-refractivity contribution in [2.45, 2.75) is 19.8 Å². The second-order valence-electron chi connectivity index (χ2n) is 3.21. The second-order valence-corrected chi connectivity index (χ2v) is 3.21. The number of aromatic nitrogens is 4. The van der Waals surface area contributed by atoms with E-state index < -0.39 is 0 Å². The lowest BCUT2D eigenvalue weighted by Gasteiger charge is -1.99. The van der Waals surface area contributed by atoms with Crippen molar-refractivity contribution >= 4 is 5.78 Å². The number of nitrogens with one attached hydrogen (secondary N) is 1. The number of H-pyrrole nitrogens is 1. The largest absolute Gasteiger partial charge is 0.466 e. The predicted molar refractivity (Wildman–Crippen MR) is 54.2 cm³/mol. The first-order valence-electron chi connectivity index (χ1n) is 4.77. The van der Waals surface area contributed by atoms with Crippen LogP contribution in [0.3, 0.4) is 0 Å². The van der Waals surface area contributed by atoms with Gasteiger partial charge >= 0.3 is 6.01 Å². The molecule has 2 aromatic heterocycles. The number of nitrogens with zero attached hydrogens (tertiary/aromatic N) is 3. The monoisotopic (exact) mass is 208 g/mol. The first-order chi connectivity index (χ1) is 7.24. The molecule has 0 saturated carbocycles. The number of hydrogen-bond donors (Lipinski definition) is 1.